The molecule has 0 unspecified atom stereocenters. The van der Waals surface area contributed by atoms with Crippen LogP contribution in [-0.4, -0.2) is 35.8 Å². The van der Waals surface area contributed by atoms with E-state index in [1.807, 2.05) is 0 Å². The van der Waals surface area contributed by atoms with Gasteiger partial charge in [-0.2, -0.15) is 0 Å². The molecule has 0 aliphatic carbocycles. The third kappa shape index (κ3) is 5.71. The van der Waals surface area contributed by atoms with Crippen molar-refractivity contribution in [2.45, 2.75) is 13.0 Å². The number of carbonyl (C=O) groups is 2. The molecule has 0 saturated heterocycles. The Morgan fingerprint density at radius 3 is 2.67 bits per heavy atom. The Balaban J connectivity index is 1.99. The molecule has 7 heteroatoms. The van der Waals surface area contributed by atoms with Gasteiger partial charge in [0.25, 0.3) is 11.8 Å². The van der Waals surface area contributed by atoms with Crippen LogP contribution in [0.5, 0.6) is 5.75 Å². The largest absolute Gasteiger partial charge is 0.507 e. The van der Waals surface area contributed by atoms with Crippen LogP contribution in [0.2, 0.25) is 0 Å². The SMILES string of the molecule is C=CCNC(=O)c1ccccc1NC(=O)[C@H](C)O/N=C/c1ccccc1O. The quantitative estimate of drug-likeness (QED) is 0.379. The Bertz CT molecular complexity index is 849. The summed E-state index contributed by atoms with van der Waals surface area (Å²) in [6.45, 7) is 5.39. The highest BCUT2D eigenvalue weighted by molar-refractivity contribution is 6.04. The van der Waals surface area contributed by atoms with Crippen molar-refractivity contribution in [3.8, 4) is 5.75 Å². The molecule has 2 rings (SSSR count). The fourth-order valence-corrected chi connectivity index (χ4v) is 2.11. The van der Waals surface area contributed by atoms with Crippen LogP contribution in [0.4, 0.5) is 5.69 Å². The summed E-state index contributed by atoms with van der Waals surface area (Å²) in [7, 11) is 0. The van der Waals surface area contributed by atoms with E-state index in [9.17, 15) is 14.7 Å². The van der Waals surface area contributed by atoms with E-state index in [-0.39, 0.29) is 11.7 Å². The molecule has 0 heterocycles. The summed E-state index contributed by atoms with van der Waals surface area (Å²) >= 11 is 0. The molecule has 0 bridgehead atoms. The van der Waals surface area contributed by atoms with Crippen molar-refractivity contribution in [3.63, 3.8) is 0 Å². The molecule has 140 valence electrons. The lowest BCUT2D eigenvalue weighted by atomic mass is 10.1. The summed E-state index contributed by atoms with van der Waals surface area (Å²) in [5.74, 6) is -0.730. The van der Waals surface area contributed by atoms with Gasteiger partial charge in [0.2, 0.25) is 6.10 Å². The van der Waals surface area contributed by atoms with Crippen molar-refractivity contribution in [2.75, 3.05) is 11.9 Å². The van der Waals surface area contributed by atoms with Crippen molar-refractivity contribution >= 4 is 23.7 Å². The lowest BCUT2D eigenvalue weighted by molar-refractivity contribution is -0.126. The number of oxime groups is 1. The Kier molecular flexibility index (Phi) is 7.13. The van der Waals surface area contributed by atoms with Crippen LogP contribution < -0.4 is 10.6 Å². The van der Waals surface area contributed by atoms with Crippen LogP contribution in [0.3, 0.4) is 0 Å². The minimum absolute atomic E-state index is 0.0569. The molecule has 1 atom stereocenters. The Labute approximate surface area is 157 Å². The molecule has 0 aromatic heterocycles. The number of hydrogen-bond acceptors (Lipinski definition) is 5. The number of para-hydroxylation sites is 2. The number of aromatic hydroxyl groups is 1. The molecule has 2 amide bonds. The summed E-state index contributed by atoms with van der Waals surface area (Å²) in [5, 5.41) is 18.7. The summed E-state index contributed by atoms with van der Waals surface area (Å²) in [6, 6.07) is 13.3. The molecule has 2 aromatic carbocycles. The normalized spacial score (nSPS) is 11.6. The van der Waals surface area contributed by atoms with E-state index < -0.39 is 12.0 Å². The molecule has 3 N–H and O–H groups in total. The third-order valence-electron chi connectivity index (χ3n) is 3.55. The van der Waals surface area contributed by atoms with Gasteiger partial charge in [-0.25, -0.2) is 0 Å². The van der Waals surface area contributed by atoms with E-state index in [0.717, 1.165) is 0 Å². The van der Waals surface area contributed by atoms with Gasteiger partial charge in [-0.1, -0.05) is 35.5 Å². The van der Waals surface area contributed by atoms with Gasteiger partial charge in [-0.05, 0) is 31.2 Å². The molecule has 0 fully saturated rings. The fourth-order valence-electron chi connectivity index (χ4n) is 2.11. The number of phenols is 1. The van der Waals surface area contributed by atoms with Crippen molar-refractivity contribution in [1.82, 2.24) is 5.32 Å². The molecule has 0 aliphatic rings. The molecule has 0 radical (unpaired) electrons. The standard InChI is InChI=1S/C20H21N3O4/c1-3-12-21-20(26)16-9-5-6-10-17(16)23-19(25)14(2)27-22-13-15-8-4-7-11-18(15)24/h3-11,13-14,24H,1,12H2,2H3,(H,21,26)(H,23,25)/b22-13+/t14-/m0/s1. The predicted molar refractivity (Wildman–Crippen MR) is 104 cm³/mol. The first-order valence-corrected chi connectivity index (χ1v) is 8.29. The number of phenolic OH excluding ortho intramolecular Hbond substituents is 1. The number of nitrogens with zero attached hydrogens (tertiary/aromatic N) is 1. The summed E-state index contributed by atoms with van der Waals surface area (Å²) in [5.41, 5.74) is 1.16. The second-order valence-corrected chi connectivity index (χ2v) is 5.57. The van der Waals surface area contributed by atoms with E-state index >= 15 is 0 Å². The Morgan fingerprint density at radius 1 is 1.22 bits per heavy atom. The van der Waals surface area contributed by atoms with Crippen LogP contribution in [-0.2, 0) is 9.63 Å². The van der Waals surface area contributed by atoms with E-state index in [1.54, 1.807) is 48.5 Å². The maximum atomic E-state index is 12.3. The fraction of sp³-hybridized carbons (Fsp3) is 0.150. The number of hydrogen-bond donors (Lipinski definition) is 3. The molecule has 27 heavy (non-hydrogen) atoms. The van der Waals surface area contributed by atoms with E-state index in [4.69, 9.17) is 4.84 Å². The molecular formula is C20H21N3O4. The Hall–Kier alpha value is -3.61. The molecule has 0 spiro atoms. The number of rotatable bonds is 8. The maximum absolute atomic E-state index is 12.3. The van der Waals surface area contributed by atoms with E-state index in [1.165, 1.54) is 19.2 Å². The topological polar surface area (TPSA) is 100 Å². The summed E-state index contributed by atoms with van der Waals surface area (Å²) < 4.78 is 0. The smallest absolute Gasteiger partial charge is 0.268 e. The predicted octanol–water partition coefficient (Wildman–Crippen LogP) is 2.69. The second-order valence-electron chi connectivity index (χ2n) is 5.57. The second kappa shape index (κ2) is 9.76. The summed E-state index contributed by atoms with van der Waals surface area (Å²) in [4.78, 5) is 29.6. The van der Waals surface area contributed by atoms with E-state index in [2.05, 4.69) is 22.4 Å². The van der Waals surface area contributed by atoms with Crippen LogP contribution in [0, 0.1) is 0 Å². The monoisotopic (exact) mass is 367 g/mol. The highest BCUT2D eigenvalue weighted by Crippen LogP contribution is 2.16. The van der Waals surface area contributed by atoms with Gasteiger partial charge in [-0.15, -0.1) is 6.58 Å². The first-order chi connectivity index (χ1) is 13.0. The highest BCUT2D eigenvalue weighted by Gasteiger charge is 2.18. The zero-order valence-electron chi connectivity index (χ0n) is 14.9. The van der Waals surface area contributed by atoms with Crippen molar-refractivity contribution in [1.29, 1.82) is 0 Å². The van der Waals surface area contributed by atoms with Crippen molar-refractivity contribution in [3.05, 3.63) is 72.3 Å². The zero-order valence-corrected chi connectivity index (χ0v) is 14.9. The van der Waals surface area contributed by atoms with Crippen molar-refractivity contribution in [2.24, 2.45) is 5.16 Å². The van der Waals surface area contributed by atoms with Gasteiger partial charge in [0, 0.05) is 12.1 Å². The van der Waals surface area contributed by atoms with Crippen molar-refractivity contribution < 1.29 is 19.5 Å². The lowest BCUT2D eigenvalue weighted by Gasteiger charge is -2.13. The highest BCUT2D eigenvalue weighted by atomic mass is 16.6. The van der Waals surface area contributed by atoms with Crippen LogP contribution >= 0.6 is 0 Å². The average Bonchev–Trinajstić information content (AvgIpc) is 2.67. The molecular weight excluding hydrogens is 346 g/mol. The van der Waals surface area contributed by atoms with Crippen LogP contribution in [0.15, 0.2) is 66.3 Å². The number of benzene rings is 2. The lowest BCUT2D eigenvalue weighted by Crippen LogP contribution is -2.29. The molecule has 0 saturated carbocycles. The van der Waals surface area contributed by atoms with Crippen LogP contribution in [0.25, 0.3) is 0 Å². The van der Waals surface area contributed by atoms with Gasteiger partial charge in [0.1, 0.15) is 5.75 Å². The van der Waals surface area contributed by atoms with E-state index in [0.29, 0.717) is 23.4 Å². The minimum Gasteiger partial charge on any atom is -0.507 e. The average molecular weight is 367 g/mol. The van der Waals surface area contributed by atoms with Gasteiger partial charge in [-0.3, -0.25) is 9.59 Å². The van der Waals surface area contributed by atoms with Gasteiger partial charge in [0.15, 0.2) is 0 Å². The zero-order chi connectivity index (χ0) is 19.6. The number of nitrogens with one attached hydrogen (secondary N) is 2. The molecule has 7 nitrogen and oxygen atoms in total. The van der Waals surface area contributed by atoms with Crippen LogP contribution in [0.1, 0.15) is 22.8 Å². The minimum atomic E-state index is -0.906. The number of anilines is 1. The summed E-state index contributed by atoms with van der Waals surface area (Å²) in [6.07, 6.45) is 1.98. The molecule has 2 aromatic rings. The van der Waals surface area contributed by atoms with Gasteiger partial charge in [0.05, 0.1) is 17.5 Å². The first-order valence-electron chi connectivity index (χ1n) is 8.29. The maximum Gasteiger partial charge on any atom is 0.268 e. The first kappa shape index (κ1) is 19.7. The Morgan fingerprint density at radius 2 is 1.93 bits per heavy atom. The van der Waals surface area contributed by atoms with Gasteiger partial charge < -0.3 is 20.6 Å². The molecule has 0 aliphatic heterocycles. The third-order valence-corrected chi connectivity index (χ3v) is 3.55. The number of amides is 2. The number of carbonyl (C=O) groups excluding carboxylic acids is 2. The van der Waals surface area contributed by atoms with Gasteiger partial charge >= 0.3 is 0 Å².